The second-order valence-corrected chi connectivity index (χ2v) is 5.05. The first kappa shape index (κ1) is 15.8. The van der Waals surface area contributed by atoms with Gasteiger partial charge < -0.3 is 9.84 Å². The van der Waals surface area contributed by atoms with Crippen molar-refractivity contribution in [3.8, 4) is 5.75 Å². The average Bonchev–Trinajstić information content (AvgIpc) is 2.52. The van der Waals surface area contributed by atoms with Crippen LogP contribution in [0, 0.1) is 6.92 Å². The fourth-order valence-corrected chi connectivity index (χ4v) is 2.13. The van der Waals surface area contributed by atoms with Gasteiger partial charge in [0, 0.05) is 6.42 Å². The van der Waals surface area contributed by atoms with Crippen LogP contribution in [0.3, 0.4) is 0 Å². The van der Waals surface area contributed by atoms with Gasteiger partial charge in [0.25, 0.3) is 0 Å². The molecule has 0 radical (unpaired) electrons. The Kier molecular flexibility index (Phi) is 5.31. The van der Waals surface area contributed by atoms with Crippen molar-refractivity contribution in [2.24, 2.45) is 0 Å². The first-order valence-corrected chi connectivity index (χ1v) is 7.09. The highest BCUT2D eigenvalue weighted by atomic mass is 16.5. The van der Waals surface area contributed by atoms with Crippen molar-refractivity contribution in [2.75, 3.05) is 0 Å². The summed E-state index contributed by atoms with van der Waals surface area (Å²) in [5, 5.41) is 8.63. The first-order valence-electron chi connectivity index (χ1n) is 7.09. The lowest BCUT2D eigenvalue weighted by atomic mass is 10.1. The van der Waals surface area contributed by atoms with Crippen LogP contribution in [0.25, 0.3) is 0 Å². The van der Waals surface area contributed by atoms with Crippen LogP contribution in [-0.2, 0) is 22.6 Å². The first-order chi connectivity index (χ1) is 10.6. The van der Waals surface area contributed by atoms with E-state index in [-0.39, 0.29) is 6.42 Å². The van der Waals surface area contributed by atoms with E-state index in [0.717, 1.165) is 16.7 Å². The van der Waals surface area contributed by atoms with Gasteiger partial charge in [0.05, 0.1) is 0 Å². The number of carboxylic acid groups (broad SMARTS) is 1. The summed E-state index contributed by atoms with van der Waals surface area (Å²) < 4.78 is 5.84. The summed E-state index contributed by atoms with van der Waals surface area (Å²) in [5.41, 5.74) is 3.09. The molecule has 0 aromatic heterocycles. The van der Waals surface area contributed by atoms with Crippen molar-refractivity contribution >= 4 is 11.8 Å². The molecule has 1 N–H and O–H groups in total. The molecule has 2 aromatic carbocycles. The number of benzene rings is 2. The minimum absolute atomic E-state index is 0.0277. The third-order valence-corrected chi connectivity index (χ3v) is 3.48. The molecule has 0 aliphatic heterocycles. The summed E-state index contributed by atoms with van der Waals surface area (Å²) >= 11 is 0. The Morgan fingerprint density at radius 1 is 1.00 bits per heavy atom. The highest BCUT2D eigenvalue weighted by Gasteiger charge is 2.13. The molecular formula is C18H18O4. The number of aryl methyl sites for hydroxylation is 2. The van der Waals surface area contributed by atoms with Crippen LogP contribution >= 0.6 is 0 Å². The number of ketones is 1. The van der Waals surface area contributed by atoms with E-state index in [1.165, 1.54) is 0 Å². The molecule has 0 bridgehead atoms. The zero-order chi connectivity index (χ0) is 15.9. The van der Waals surface area contributed by atoms with Crippen molar-refractivity contribution in [1.82, 2.24) is 0 Å². The molecule has 0 saturated carbocycles. The van der Waals surface area contributed by atoms with Crippen molar-refractivity contribution in [2.45, 2.75) is 26.4 Å². The molecule has 0 atom stereocenters. The number of hydrogen-bond acceptors (Lipinski definition) is 3. The highest BCUT2D eigenvalue weighted by molar-refractivity contribution is 6.32. The standard InChI is InChI=1S/C18H18O4/c1-13-6-2-3-8-15(13)12-22-17-9-5-4-7-14(17)10-11-16(19)18(20)21/h2-9H,10-12H2,1H3,(H,20,21). The predicted octanol–water partition coefficient (Wildman–Crippen LogP) is 3.16. The van der Waals surface area contributed by atoms with Crippen molar-refractivity contribution < 1.29 is 19.4 Å². The Bertz CT molecular complexity index is 676. The minimum Gasteiger partial charge on any atom is -0.489 e. The zero-order valence-corrected chi connectivity index (χ0v) is 12.4. The van der Waals surface area contributed by atoms with Crippen LogP contribution in [0.2, 0.25) is 0 Å². The number of carbonyl (C=O) groups is 2. The summed E-state index contributed by atoms with van der Waals surface area (Å²) in [7, 11) is 0. The van der Waals surface area contributed by atoms with E-state index in [4.69, 9.17) is 9.84 Å². The molecule has 2 aromatic rings. The lowest BCUT2D eigenvalue weighted by Gasteiger charge is -2.12. The molecule has 0 amide bonds. The third-order valence-electron chi connectivity index (χ3n) is 3.48. The van der Waals surface area contributed by atoms with E-state index in [2.05, 4.69) is 0 Å². The maximum absolute atomic E-state index is 11.2. The molecule has 0 aliphatic rings. The molecule has 4 heteroatoms. The van der Waals surface area contributed by atoms with Gasteiger partial charge in [0.2, 0.25) is 5.78 Å². The van der Waals surface area contributed by atoms with E-state index in [1.807, 2.05) is 55.5 Å². The minimum atomic E-state index is -1.39. The van der Waals surface area contributed by atoms with Crippen LogP contribution in [-0.4, -0.2) is 16.9 Å². The number of carboxylic acids is 1. The number of aliphatic carboxylic acids is 1. The lowest BCUT2D eigenvalue weighted by Crippen LogP contribution is -2.13. The van der Waals surface area contributed by atoms with Gasteiger partial charge in [-0.3, -0.25) is 4.79 Å². The van der Waals surface area contributed by atoms with Gasteiger partial charge in [-0.15, -0.1) is 0 Å². The van der Waals surface area contributed by atoms with E-state index in [1.54, 1.807) is 0 Å². The van der Waals surface area contributed by atoms with Crippen LogP contribution in [0.4, 0.5) is 0 Å². The predicted molar refractivity (Wildman–Crippen MR) is 82.9 cm³/mol. The Balaban J connectivity index is 2.04. The van der Waals surface area contributed by atoms with Crippen LogP contribution in [0.1, 0.15) is 23.1 Å². The fourth-order valence-electron chi connectivity index (χ4n) is 2.13. The summed E-state index contributed by atoms with van der Waals surface area (Å²) in [6, 6.07) is 15.4. The number of para-hydroxylation sites is 1. The van der Waals surface area contributed by atoms with Crippen LogP contribution in [0.5, 0.6) is 5.75 Å². The second kappa shape index (κ2) is 7.41. The Morgan fingerprint density at radius 3 is 2.32 bits per heavy atom. The second-order valence-electron chi connectivity index (χ2n) is 5.05. The molecule has 4 nitrogen and oxygen atoms in total. The number of carbonyl (C=O) groups excluding carboxylic acids is 1. The average molecular weight is 298 g/mol. The van der Waals surface area contributed by atoms with Gasteiger partial charge in [0.1, 0.15) is 12.4 Å². The molecule has 0 heterocycles. The van der Waals surface area contributed by atoms with Gasteiger partial charge in [0.15, 0.2) is 0 Å². The monoisotopic (exact) mass is 298 g/mol. The Hall–Kier alpha value is -2.62. The van der Waals surface area contributed by atoms with E-state index < -0.39 is 11.8 Å². The van der Waals surface area contributed by atoms with E-state index in [0.29, 0.717) is 18.8 Å². The number of ether oxygens (including phenoxy) is 1. The summed E-state index contributed by atoms with van der Waals surface area (Å²) in [6.45, 7) is 2.46. The fraction of sp³-hybridized carbons (Fsp3) is 0.222. The Labute approximate surface area is 129 Å². The largest absolute Gasteiger partial charge is 0.489 e. The number of Topliss-reactive ketones (excluding diaryl/α,β-unsaturated/α-hetero) is 1. The van der Waals surface area contributed by atoms with Crippen molar-refractivity contribution in [3.63, 3.8) is 0 Å². The SMILES string of the molecule is Cc1ccccc1COc1ccccc1CCC(=O)C(=O)O. The zero-order valence-electron chi connectivity index (χ0n) is 12.4. The normalized spacial score (nSPS) is 10.2. The topological polar surface area (TPSA) is 63.6 Å². The van der Waals surface area contributed by atoms with Crippen molar-refractivity contribution in [3.05, 3.63) is 65.2 Å². The maximum Gasteiger partial charge on any atom is 0.372 e. The van der Waals surface area contributed by atoms with Gasteiger partial charge >= 0.3 is 5.97 Å². The van der Waals surface area contributed by atoms with Gasteiger partial charge in [-0.2, -0.15) is 0 Å². The molecule has 0 saturated heterocycles. The molecule has 114 valence electrons. The molecule has 0 aliphatic carbocycles. The quantitative estimate of drug-likeness (QED) is 0.797. The highest BCUT2D eigenvalue weighted by Crippen LogP contribution is 2.21. The molecule has 0 unspecified atom stereocenters. The van der Waals surface area contributed by atoms with Crippen LogP contribution < -0.4 is 4.74 Å². The van der Waals surface area contributed by atoms with Crippen molar-refractivity contribution in [1.29, 1.82) is 0 Å². The molecular weight excluding hydrogens is 280 g/mol. The van der Waals surface area contributed by atoms with E-state index >= 15 is 0 Å². The molecule has 0 fully saturated rings. The smallest absolute Gasteiger partial charge is 0.372 e. The number of hydrogen-bond donors (Lipinski definition) is 1. The third kappa shape index (κ3) is 4.19. The van der Waals surface area contributed by atoms with E-state index in [9.17, 15) is 9.59 Å². The van der Waals surface area contributed by atoms with Gasteiger partial charge in [-0.1, -0.05) is 42.5 Å². The Morgan fingerprint density at radius 2 is 1.64 bits per heavy atom. The van der Waals surface area contributed by atoms with Gasteiger partial charge in [-0.25, -0.2) is 4.79 Å². The molecule has 22 heavy (non-hydrogen) atoms. The summed E-state index contributed by atoms with van der Waals surface area (Å²) in [5.74, 6) is -1.49. The lowest BCUT2D eigenvalue weighted by molar-refractivity contribution is -0.149. The maximum atomic E-state index is 11.2. The van der Waals surface area contributed by atoms with Gasteiger partial charge in [-0.05, 0) is 36.1 Å². The van der Waals surface area contributed by atoms with Crippen LogP contribution in [0.15, 0.2) is 48.5 Å². The summed E-state index contributed by atoms with van der Waals surface area (Å²) in [4.78, 5) is 21.8. The molecule has 0 spiro atoms. The molecule has 2 rings (SSSR count). The number of rotatable bonds is 7. The summed E-state index contributed by atoms with van der Waals surface area (Å²) in [6.07, 6.45) is 0.329.